The Bertz CT molecular complexity index is 2340. The average Bonchev–Trinajstić information content (AvgIpc) is 3.16. The third-order valence-corrected chi connectivity index (χ3v) is 13.9. The van der Waals surface area contributed by atoms with Gasteiger partial charge < -0.3 is 14.7 Å². The molecule has 0 atom stereocenters. The molecule has 8 aromatic rings. The van der Waals surface area contributed by atoms with Crippen LogP contribution in [0.2, 0.25) is 0 Å². The Morgan fingerprint density at radius 2 is 0.980 bits per heavy atom. The summed E-state index contributed by atoms with van der Waals surface area (Å²) in [5.74, 6) is 0.783. The molecule has 7 heteroatoms. The molecule has 0 aromatic heterocycles. The Morgan fingerprint density at radius 3 is 1.55 bits per heavy atom. The van der Waals surface area contributed by atoms with Gasteiger partial charge in [-0.2, -0.15) is 0 Å². The predicted octanol–water partition coefficient (Wildman–Crippen LogP) is 7.46. The van der Waals surface area contributed by atoms with Gasteiger partial charge >= 0.3 is 179 Å². The molecule has 8 aromatic carbocycles. The Morgan fingerprint density at radius 1 is 0.510 bits per heavy atom. The molecule has 0 radical (unpaired) electrons. The van der Waals surface area contributed by atoms with Gasteiger partial charge in [-0.1, -0.05) is 48.5 Å². The van der Waals surface area contributed by atoms with E-state index in [2.05, 4.69) is 109 Å². The van der Waals surface area contributed by atoms with Crippen LogP contribution in [-0.4, -0.2) is 23.3 Å². The molecule has 0 fully saturated rings. The summed E-state index contributed by atoms with van der Waals surface area (Å²) < 4.78 is 10.9. The van der Waals surface area contributed by atoms with Crippen molar-refractivity contribution < 1.29 is 24.2 Å². The molecule has 0 spiro atoms. The second-order valence-corrected chi connectivity index (χ2v) is 16.0. The summed E-state index contributed by atoms with van der Waals surface area (Å²) in [5.41, 5.74) is 0. The van der Waals surface area contributed by atoms with E-state index in [-0.39, 0.29) is 5.97 Å². The number of carbonyl (C=O) groups is 1. The molecule has 0 saturated carbocycles. The molecule has 0 heterocycles. The number of para-hydroxylation sites is 1. The van der Waals surface area contributed by atoms with E-state index in [9.17, 15) is 4.79 Å². The Balaban J connectivity index is 0.000000165. The first-order valence-electron chi connectivity index (χ1n) is 16.8. The summed E-state index contributed by atoms with van der Waals surface area (Å²) in [6.07, 6.45) is 0. The van der Waals surface area contributed by atoms with E-state index in [4.69, 9.17) is 19.4 Å². The summed E-state index contributed by atoms with van der Waals surface area (Å²) in [7, 11) is -4.52. The largest absolute Gasteiger partial charge is 0.707 e. The fourth-order valence-corrected chi connectivity index (χ4v) is 11.9. The van der Waals surface area contributed by atoms with Crippen LogP contribution in [0.5, 0.6) is 11.5 Å². The standard InChI is InChI=1S/C26H23O2P.C18H13BO3/c1-21(27)28-25-19-11-12-20-26(25)29(22-13-5-2-6-14-22,23-15-7-3-8-16-23)24-17-9-4-10-18-24;20-19(21)22-17-7-3-6-12-8-9-15-10-13-4-1-2-5-14(13)11-16(15)18(12)17/h2-20,29H,1H3;1-11,20-21H. The number of carbonyl (C=O) groups excluding carboxylic acids is 1. The molecule has 51 heavy (non-hydrogen) atoms. The number of hydrogen-bond acceptors (Lipinski definition) is 5. The molecule has 0 unspecified atom stereocenters. The Kier molecular flexibility index (Phi) is 9.91. The van der Waals surface area contributed by atoms with Crippen LogP contribution in [0, 0.1) is 0 Å². The van der Waals surface area contributed by atoms with Crippen molar-refractivity contribution in [2.24, 2.45) is 0 Å². The maximum atomic E-state index is 11.9. The summed E-state index contributed by atoms with van der Waals surface area (Å²) in [6.45, 7) is 1.45. The molecule has 0 aliphatic heterocycles. The minimum atomic E-state index is -2.69. The second kappa shape index (κ2) is 15.0. The minimum Gasteiger partial charge on any atom is -0.511 e. The van der Waals surface area contributed by atoms with Crippen molar-refractivity contribution in [2.45, 2.75) is 6.92 Å². The fraction of sp³-hybridized carbons (Fsp3) is 0.0227. The topological polar surface area (TPSA) is 76.0 Å². The van der Waals surface area contributed by atoms with Crippen LogP contribution in [-0.2, 0) is 4.79 Å². The summed E-state index contributed by atoms with van der Waals surface area (Å²) >= 11 is 0. The summed E-state index contributed by atoms with van der Waals surface area (Å²) in [5, 5.41) is 29.4. The van der Waals surface area contributed by atoms with E-state index in [0.29, 0.717) is 11.5 Å². The molecule has 0 aliphatic carbocycles. The maximum absolute atomic E-state index is 11.9. The van der Waals surface area contributed by atoms with Crippen LogP contribution in [0.15, 0.2) is 182 Å². The van der Waals surface area contributed by atoms with Crippen molar-refractivity contribution in [1.29, 1.82) is 0 Å². The third-order valence-electron chi connectivity index (χ3n) is 9.09. The van der Waals surface area contributed by atoms with Gasteiger partial charge in [-0.25, -0.2) is 0 Å². The van der Waals surface area contributed by atoms with Gasteiger partial charge in [0.15, 0.2) is 0 Å². The van der Waals surface area contributed by atoms with Crippen LogP contribution in [0.1, 0.15) is 6.92 Å². The third kappa shape index (κ3) is 6.86. The van der Waals surface area contributed by atoms with Crippen LogP contribution >= 0.6 is 7.26 Å². The molecule has 8 rings (SSSR count). The van der Waals surface area contributed by atoms with Crippen LogP contribution < -0.4 is 30.6 Å². The van der Waals surface area contributed by atoms with Gasteiger partial charge in [0.05, 0.1) is 0 Å². The average molecular weight is 687 g/mol. The summed E-state index contributed by atoms with van der Waals surface area (Å²) in [6, 6.07) is 61.8. The molecule has 5 nitrogen and oxygen atoms in total. The number of esters is 1. The van der Waals surface area contributed by atoms with Gasteiger partial charge in [0.25, 0.3) is 0 Å². The van der Waals surface area contributed by atoms with E-state index in [1.165, 1.54) is 28.2 Å². The van der Waals surface area contributed by atoms with E-state index < -0.39 is 14.6 Å². The quantitative estimate of drug-likeness (QED) is 0.0455. The normalized spacial score (nSPS) is 11.4. The van der Waals surface area contributed by atoms with Crippen molar-refractivity contribution in [3.05, 3.63) is 182 Å². The Hall–Kier alpha value is -5.78. The zero-order valence-corrected chi connectivity index (χ0v) is 29.0. The second-order valence-electron chi connectivity index (χ2n) is 12.2. The van der Waals surface area contributed by atoms with Crippen LogP contribution in [0.4, 0.5) is 0 Å². The first-order valence-corrected chi connectivity index (χ1v) is 18.8. The number of ether oxygens (including phenoxy) is 1. The van der Waals surface area contributed by atoms with Gasteiger partial charge in [0.2, 0.25) is 0 Å². The van der Waals surface area contributed by atoms with Crippen molar-refractivity contribution in [1.82, 2.24) is 0 Å². The zero-order chi connectivity index (χ0) is 35.2. The van der Waals surface area contributed by atoms with Gasteiger partial charge in [-0.05, 0) is 45.1 Å². The van der Waals surface area contributed by atoms with Crippen molar-refractivity contribution in [2.75, 3.05) is 0 Å². The van der Waals surface area contributed by atoms with Crippen molar-refractivity contribution in [3.63, 3.8) is 0 Å². The fourth-order valence-electron chi connectivity index (χ4n) is 7.03. The van der Waals surface area contributed by atoms with E-state index in [1.807, 2.05) is 66.7 Å². The SMILES string of the molecule is CC(=O)Oc1ccccc1[PH](c1ccccc1)(c1ccccc1)c1ccccc1.OB(O)Oc1cccc2ccc3cc4ccccc4cc3c12. The molecule has 0 amide bonds. The molecule has 0 saturated heterocycles. The number of rotatable bonds is 7. The molecule has 2 N–H and O–H groups in total. The van der Waals surface area contributed by atoms with E-state index in [1.54, 1.807) is 6.07 Å². The first-order chi connectivity index (χ1) is 24.9. The van der Waals surface area contributed by atoms with Crippen LogP contribution in [0.3, 0.4) is 0 Å². The molecular formula is C44H36BO5P. The maximum Gasteiger partial charge on any atom is 0.707 e. The minimum absolute atomic E-state index is 0.311. The van der Waals surface area contributed by atoms with Crippen molar-refractivity contribution >= 4 is 74.1 Å². The number of fused-ring (bicyclic) bond motifs is 4. The smallest absolute Gasteiger partial charge is 0.511 e. The van der Waals surface area contributed by atoms with Gasteiger partial charge in [-0.15, -0.1) is 0 Å². The van der Waals surface area contributed by atoms with E-state index in [0.717, 1.165) is 32.2 Å². The zero-order valence-electron chi connectivity index (χ0n) is 28.0. The van der Waals surface area contributed by atoms with Gasteiger partial charge in [-0.3, -0.25) is 0 Å². The number of hydrogen-bond donors (Lipinski definition) is 2. The Labute approximate surface area is 297 Å². The monoisotopic (exact) mass is 686 g/mol. The number of benzene rings is 8. The van der Waals surface area contributed by atoms with Gasteiger partial charge in [0.1, 0.15) is 5.75 Å². The first kappa shape index (κ1) is 33.7. The van der Waals surface area contributed by atoms with E-state index >= 15 is 0 Å². The van der Waals surface area contributed by atoms with Gasteiger partial charge in [0, 0.05) is 5.39 Å². The predicted molar refractivity (Wildman–Crippen MR) is 214 cm³/mol. The summed E-state index contributed by atoms with van der Waals surface area (Å²) in [4.78, 5) is 11.9. The van der Waals surface area contributed by atoms with Crippen molar-refractivity contribution in [3.8, 4) is 11.5 Å². The molecular weight excluding hydrogens is 650 g/mol. The van der Waals surface area contributed by atoms with Crippen LogP contribution in [0.25, 0.3) is 32.3 Å². The molecule has 250 valence electrons. The molecule has 0 aliphatic rings. The molecule has 0 bridgehead atoms.